The zero-order chi connectivity index (χ0) is 25.4. The van der Waals surface area contributed by atoms with Crippen molar-refractivity contribution in [3.8, 4) is 5.75 Å². The molecule has 6 rings (SSSR count). The fraction of sp³-hybridized carbons (Fsp3) is 0.360. The number of morpholine rings is 1. The normalized spacial score (nSPS) is 18.2. The Balaban J connectivity index is 1.21. The van der Waals surface area contributed by atoms with Crippen molar-refractivity contribution in [2.24, 2.45) is 0 Å². The summed E-state index contributed by atoms with van der Waals surface area (Å²) in [5.74, 6) is -0.586. The van der Waals surface area contributed by atoms with Crippen LogP contribution in [0.3, 0.4) is 0 Å². The van der Waals surface area contributed by atoms with Crippen molar-refractivity contribution in [1.29, 1.82) is 0 Å². The van der Waals surface area contributed by atoms with Gasteiger partial charge in [0.1, 0.15) is 6.04 Å². The van der Waals surface area contributed by atoms with Crippen molar-refractivity contribution >= 4 is 33.8 Å². The van der Waals surface area contributed by atoms with Gasteiger partial charge in [0.15, 0.2) is 22.5 Å². The molecule has 4 aromatic rings. The molecule has 192 valence electrons. The maximum atomic E-state index is 14.9. The van der Waals surface area contributed by atoms with Gasteiger partial charge in [-0.3, -0.25) is 14.1 Å². The second-order valence-electron chi connectivity index (χ2n) is 8.89. The van der Waals surface area contributed by atoms with E-state index in [4.69, 9.17) is 26.1 Å². The average Bonchev–Trinajstić information content (AvgIpc) is 3.50. The van der Waals surface area contributed by atoms with Crippen molar-refractivity contribution in [1.82, 2.24) is 29.2 Å². The van der Waals surface area contributed by atoms with Gasteiger partial charge in [0.25, 0.3) is 5.91 Å². The standard InChI is InChI=1S/C25H24ClFN6O3S/c26-23-19(4-3-16(29-23)14-31-8-11-35-12-9-31)36-15-20(34)32-7-5-18-22(33-10-13-37-25(33)30-18)21(32)17-2-1-6-28-24(17)27/h1-4,6,10,13,21H,5,7-9,11-12,14-15H2. The molecule has 2 aliphatic heterocycles. The summed E-state index contributed by atoms with van der Waals surface area (Å²) in [6, 6.07) is 6.23. The Hall–Kier alpha value is -3.12. The van der Waals surface area contributed by atoms with Gasteiger partial charge in [-0.2, -0.15) is 4.39 Å². The first-order valence-corrected chi connectivity index (χ1v) is 13.3. The van der Waals surface area contributed by atoms with Crippen LogP contribution in [0.2, 0.25) is 5.15 Å². The van der Waals surface area contributed by atoms with Crippen LogP contribution < -0.4 is 4.74 Å². The molecular formula is C25H24ClFN6O3S. The summed E-state index contributed by atoms with van der Waals surface area (Å²) in [7, 11) is 0. The van der Waals surface area contributed by atoms with Crippen LogP contribution in [-0.2, 0) is 22.5 Å². The molecule has 0 aliphatic carbocycles. The highest BCUT2D eigenvalue weighted by Gasteiger charge is 2.37. The van der Waals surface area contributed by atoms with Crippen LogP contribution in [0.4, 0.5) is 4.39 Å². The van der Waals surface area contributed by atoms with Crippen LogP contribution in [0.1, 0.15) is 28.7 Å². The van der Waals surface area contributed by atoms with E-state index in [1.807, 2.05) is 22.0 Å². The van der Waals surface area contributed by atoms with Gasteiger partial charge in [0, 0.05) is 55.9 Å². The molecule has 0 saturated carbocycles. The van der Waals surface area contributed by atoms with E-state index in [1.165, 1.54) is 17.5 Å². The van der Waals surface area contributed by atoms with Gasteiger partial charge in [0.2, 0.25) is 5.95 Å². The Bertz CT molecular complexity index is 1440. The number of hydrogen-bond donors (Lipinski definition) is 0. The molecule has 12 heteroatoms. The largest absolute Gasteiger partial charge is 0.481 e. The number of rotatable bonds is 6. The quantitative estimate of drug-likeness (QED) is 0.345. The minimum atomic E-state index is -0.678. The van der Waals surface area contributed by atoms with Gasteiger partial charge in [-0.15, -0.1) is 11.3 Å². The molecule has 1 unspecified atom stereocenters. The lowest BCUT2D eigenvalue weighted by molar-refractivity contribution is -0.135. The maximum Gasteiger partial charge on any atom is 0.261 e. The number of halogens is 2. The first-order valence-electron chi connectivity index (χ1n) is 12.0. The summed E-state index contributed by atoms with van der Waals surface area (Å²) in [6.45, 7) is 3.88. The summed E-state index contributed by atoms with van der Waals surface area (Å²) in [6.07, 6.45) is 3.85. The smallest absolute Gasteiger partial charge is 0.261 e. The SMILES string of the molecule is O=C(COc1ccc(CN2CCOCC2)nc1Cl)N1CCc2nc3sccn3c2C1c1cccnc1F. The molecule has 1 fully saturated rings. The van der Waals surface area contributed by atoms with Gasteiger partial charge in [0.05, 0.1) is 30.3 Å². The second-order valence-corrected chi connectivity index (χ2v) is 10.1. The molecule has 0 aromatic carbocycles. The van der Waals surface area contributed by atoms with E-state index in [2.05, 4.69) is 14.9 Å². The number of ether oxygens (including phenoxy) is 2. The molecule has 37 heavy (non-hydrogen) atoms. The van der Waals surface area contributed by atoms with Crippen molar-refractivity contribution in [3.63, 3.8) is 0 Å². The van der Waals surface area contributed by atoms with Crippen LogP contribution in [0.25, 0.3) is 4.96 Å². The summed E-state index contributed by atoms with van der Waals surface area (Å²) in [4.78, 5) is 31.1. The number of imidazole rings is 1. The van der Waals surface area contributed by atoms with E-state index in [0.29, 0.717) is 44.0 Å². The van der Waals surface area contributed by atoms with Crippen molar-refractivity contribution < 1.29 is 18.7 Å². The van der Waals surface area contributed by atoms with Gasteiger partial charge in [-0.1, -0.05) is 17.7 Å². The van der Waals surface area contributed by atoms with Gasteiger partial charge < -0.3 is 14.4 Å². The highest BCUT2D eigenvalue weighted by molar-refractivity contribution is 7.15. The van der Waals surface area contributed by atoms with Crippen LogP contribution >= 0.6 is 22.9 Å². The average molecular weight is 543 g/mol. The molecule has 0 N–H and O–H groups in total. The molecule has 0 spiro atoms. The third kappa shape index (κ3) is 4.79. The minimum absolute atomic E-state index is 0.199. The number of fused-ring (bicyclic) bond motifs is 3. The van der Waals surface area contributed by atoms with Crippen LogP contribution in [0.15, 0.2) is 42.0 Å². The zero-order valence-corrected chi connectivity index (χ0v) is 21.4. The molecule has 0 radical (unpaired) electrons. The van der Waals surface area contributed by atoms with Gasteiger partial charge in [-0.25, -0.2) is 15.0 Å². The van der Waals surface area contributed by atoms with Crippen molar-refractivity contribution in [3.05, 3.63) is 75.8 Å². The van der Waals surface area contributed by atoms with E-state index >= 15 is 0 Å². The lowest BCUT2D eigenvalue weighted by atomic mass is 9.96. The van der Waals surface area contributed by atoms with Gasteiger partial charge >= 0.3 is 0 Å². The van der Waals surface area contributed by atoms with Gasteiger partial charge in [-0.05, 0) is 18.2 Å². The molecule has 4 aromatic heterocycles. The number of carbonyl (C=O) groups is 1. The summed E-state index contributed by atoms with van der Waals surface area (Å²) in [5.41, 5.74) is 2.77. The molecule has 9 nitrogen and oxygen atoms in total. The summed E-state index contributed by atoms with van der Waals surface area (Å²) in [5, 5.41) is 2.12. The van der Waals surface area contributed by atoms with E-state index in [9.17, 15) is 9.18 Å². The molecule has 1 amide bonds. The van der Waals surface area contributed by atoms with Crippen molar-refractivity contribution in [2.75, 3.05) is 39.5 Å². The molecule has 6 heterocycles. The number of aromatic nitrogens is 4. The molecule has 2 aliphatic rings. The first kappa shape index (κ1) is 24.2. The second kappa shape index (κ2) is 10.3. The van der Waals surface area contributed by atoms with E-state index in [1.54, 1.807) is 23.1 Å². The predicted octanol–water partition coefficient (Wildman–Crippen LogP) is 3.36. The molecule has 0 bridgehead atoms. The lowest BCUT2D eigenvalue weighted by Crippen LogP contribution is -2.43. The Morgan fingerprint density at radius 3 is 2.89 bits per heavy atom. The molecular weight excluding hydrogens is 519 g/mol. The summed E-state index contributed by atoms with van der Waals surface area (Å²) >= 11 is 7.89. The number of thiazole rings is 1. The van der Waals surface area contributed by atoms with E-state index < -0.39 is 12.0 Å². The van der Waals surface area contributed by atoms with Crippen molar-refractivity contribution in [2.45, 2.75) is 19.0 Å². The highest BCUT2D eigenvalue weighted by atomic mass is 35.5. The van der Waals surface area contributed by atoms with E-state index in [0.717, 1.165) is 35.1 Å². The fourth-order valence-corrected chi connectivity index (χ4v) is 5.84. The lowest BCUT2D eigenvalue weighted by Gasteiger charge is -2.35. The Morgan fingerprint density at radius 2 is 2.08 bits per heavy atom. The number of nitrogens with zero attached hydrogens (tertiary/aromatic N) is 6. The first-order chi connectivity index (χ1) is 18.1. The number of amides is 1. The Morgan fingerprint density at radius 1 is 1.22 bits per heavy atom. The fourth-order valence-electron chi connectivity index (χ4n) is 4.88. The number of carbonyl (C=O) groups excluding carboxylic acids is 1. The summed E-state index contributed by atoms with van der Waals surface area (Å²) < 4.78 is 28.0. The van der Waals surface area contributed by atoms with E-state index in [-0.39, 0.29) is 17.7 Å². The third-order valence-electron chi connectivity index (χ3n) is 6.65. The Labute approximate surface area is 221 Å². The van der Waals surface area contributed by atoms with Crippen LogP contribution in [0.5, 0.6) is 5.75 Å². The maximum absolute atomic E-state index is 14.9. The van der Waals surface area contributed by atoms with Crippen LogP contribution in [0, 0.1) is 5.95 Å². The number of pyridine rings is 2. The molecule has 1 atom stereocenters. The minimum Gasteiger partial charge on any atom is -0.481 e. The Kier molecular flexibility index (Phi) is 6.76. The topological polar surface area (TPSA) is 85.1 Å². The zero-order valence-electron chi connectivity index (χ0n) is 19.8. The predicted molar refractivity (Wildman–Crippen MR) is 135 cm³/mol. The van der Waals surface area contributed by atoms with Crippen LogP contribution in [-0.4, -0.2) is 74.5 Å². The number of hydrogen-bond acceptors (Lipinski definition) is 8. The third-order valence-corrected chi connectivity index (χ3v) is 7.68. The molecule has 1 saturated heterocycles. The monoisotopic (exact) mass is 542 g/mol. The highest BCUT2D eigenvalue weighted by Crippen LogP contribution is 2.37.